The van der Waals surface area contributed by atoms with Gasteiger partial charge in [0, 0.05) is 79.7 Å². The fraction of sp³-hybridized carbons (Fsp3) is 0.188. The van der Waals surface area contributed by atoms with E-state index in [9.17, 15) is 0 Å². The Hall–Kier alpha value is -7.96. The molecule has 4 N–H and O–H groups in total. The molecule has 0 radical (unpaired) electrons. The quantitative estimate of drug-likeness (QED) is 0.104. The standard InChI is InChI=1S/C64H64N6/c1-37-41(5)61(65-45(37)9)51-17-29-57(30-18-51)69(58-31-19-52(20-32-58)62-42(6)38(2)46(10)66-62)55-25-13-49(14-26-55)50-15-27-56(28-16-50)70(59-33-21-53(22-34-59)63-43(7)39(3)47(11)67-63)60-35-23-54(24-36-60)64-44(8)40(4)48(12)68-64/h13-36,65-68H,1-12H3. The molecule has 0 aliphatic carbocycles. The van der Waals surface area contributed by atoms with E-state index in [0.717, 1.165) is 45.3 Å². The van der Waals surface area contributed by atoms with Crippen molar-refractivity contribution in [2.45, 2.75) is 83.1 Å². The predicted octanol–water partition coefficient (Wildman–Crippen LogP) is 18.0. The van der Waals surface area contributed by atoms with E-state index in [1.165, 1.54) is 112 Å². The Bertz CT molecular complexity index is 3070. The predicted molar refractivity (Wildman–Crippen MR) is 297 cm³/mol. The van der Waals surface area contributed by atoms with Crippen molar-refractivity contribution in [2.75, 3.05) is 9.80 Å². The average Bonchev–Trinajstić information content (AvgIpc) is 4.00. The molecule has 0 unspecified atom stereocenters. The van der Waals surface area contributed by atoms with Crippen molar-refractivity contribution in [2.24, 2.45) is 0 Å². The maximum absolute atomic E-state index is 3.62. The van der Waals surface area contributed by atoms with Crippen LogP contribution in [0.2, 0.25) is 0 Å². The highest BCUT2D eigenvalue weighted by atomic mass is 15.1. The molecule has 0 saturated carbocycles. The van der Waals surface area contributed by atoms with E-state index in [4.69, 9.17) is 0 Å². The van der Waals surface area contributed by atoms with Gasteiger partial charge in [0.25, 0.3) is 0 Å². The number of nitrogens with one attached hydrogen (secondary N) is 4. The number of H-pyrrole nitrogens is 4. The molecular weight excluding hydrogens is 853 g/mol. The molecule has 0 fully saturated rings. The molecule has 0 amide bonds. The molecular formula is C64H64N6. The second-order valence-corrected chi connectivity index (χ2v) is 19.5. The lowest BCUT2D eigenvalue weighted by molar-refractivity contribution is 1.23. The lowest BCUT2D eigenvalue weighted by Crippen LogP contribution is -2.10. The zero-order chi connectivity index (χ0) is 49.1. The van der Waals surface area contributed by atoms with Crippen LogP contribution >= 0.6 is 0 Å². The Morgan fingerprint density at radius 1 is 0.200 bits per heavy atom. The van der Waals surface area contributed by atoms with Crippen LogP contribution in [0.4, 0.5) is 34.1 Å². The van der Waals surface area contributed by atoms with E-state index in [2.05, 4.69) is 258 Å². The second kappa shape index (κ2) is 18.2. The van der Waals surface area contributed by atoms with Crippen molar-refractivity contribution < 1.29 is 0 Å². The van der Waals surface area contributed by atoms with Crippen molar-refractivity contribution in [3.8, 4) is 56.2 Å². The van der Waals surface area contributed by atoms with Crippen LogP contribution in [0.1, 0.15) is 67.3 Å². The molecule has 0 saturated heterocycles. The van der Waals surface area contributed by atoms with Crippen molar-refractivity contribution in [1.29, 1.82) is 0 Å². The number of hydrogen-bond donors (Lipinski definition) is 4. The molecule has 6 aromatic carbocycles. The van der Waals surface area contributed by atoms with Crippen LogP contribution in [0.15, 0.2) is 146 Å². The smallest absolute Gasteiger partial charge is 0.0488 e. The minimum atomic E-state index is 1.09. The Morgan fingerprint density at radius 2 is 0.357 bits per heavy atom. The summed E-state index contributed by atoms with van der Waals surface area (Å²) in [6.07, 6.45) is 0. The molecule has 4 heterocycles. The highest BCUT2D eigenvalue weighted by Crippen LogP contribution is 2.41. The van der Waals surface area contributed by atoms with Gasteiger partial charge in [0.1, 0.15) is 0 Å². The summed E-state index contributed by atoms with van der Waals surface area (Å²) in [6, 6.07) is 53.7. The third kappa shape index (κ3) is 8.17. The SMILES string of the molecule is Cc1[nH]c(-c2ccc(N(c3ccc(-c4ccc(N(c5ccc(-c6[nH]c(C)c(C)c6C)cc5)c5ccc(-c6[nH]c(C)c(C)c6C)cc5)cc4)cc3)c3ccc(-c4[nH]c(C)c(C)c4C)cc3)cc2)c(C)c1C. The normalized spacial score (nSPS) is 11.4. The molecule has 0 bridgehead atoms. The molecule has 0 aliphatic heterocycles. The van der Waals surface area contributed by atoms with Gasteiger partial charge in [0.15, 0.2) is 0 Å². The third-order valence-corrected chi connectivity index (χ3v) is 15.5. The fourth-order valence-electron chi connectivity index (χ4n) is 10.1. The minimum absolute atomic E-state index is 1.09. The average molecular weight is 917 g/mol. The van der Waals surface area contributed by atoms with Gasteiger partial charge in [-0.3, -0.25) is 0 Å². The first-order valence-electron chi connectivity index (χ1n) is 24.5. The second-order valence-electron chi connectivity index (χ2n) is 19.5. The fourth-order valence-corrected chi connectivity index (χ4v) is 10.1. The van der Waals surface area contributed by atoms with E-state index in [-0.39, 0.29) is 0 Å². The number of rotatable bonds is 11. The molecule has 70 heavy (non-hydrogen) atoms. The monoisotopic (exact) mass is 917 g/mol. The molecule has 6 nitrogen and oxygen atoms in total. The van der Waals surface area contributed by atoms with Gasteiger partial charge in [-0.15, -0.1) is 0 Å². The largest absolute Gasteiger partial charge is 0.358 e. The van der Waals surface area contributed by atoms with E-state index in [0.29, 0.717) is 0 Å². The van der Waals surface area contributed by atoms with Crippen LogP contribution in [0.5, 0.6) is 0 Å². The number of aromatic amines is 4. The molecule has 0 atom stereocenters. The van der Waals surface area contributed by atoms with E-state index in [1.54, 1.807) is 0 Å². The summed E-state index contributed by atoms with van der Waals surface area (Å²) in [7, 11) is 0. The van der Waals surface area contributed by atoms with Crippen LogP contribution in [0.3, 0.4) is 0 Å². The van der Waals surface area contributed by atoms with E-state index in [1.807, 2.05) is 0 Å². The molecule has 10 rings (SSSR count). The van der Waals surface area contributed by atoms with E-state index >= 15 is 0 Å². The van der Waals surface area contributed by atoms with Crippen molar-refractivity contribution in [3.63, 3.8) is 0 Å². The number of aromatic nitrogens is 4. The topological polar surface area (TPSA) is 69.6 Å². The lowest BCUT2D eigenvalue weighted by Gasteiger charge is -2.27. The van der Waals surface area contributed by atoms with Gasteiger partial charge in [-0.1, -0.05) is 72.8 Å². The van der Waals surface area contributed by atoms with Crippen LogP contribution in [0.25, 0.3) is 56.2 Å². The molecule has 0 spiro atoms. The van der Waals surface area contributed by atoms with Gasteiger partial charge in [0.2, 0.25) is 0 Å². The number of nitrogens with zero attached hydrogens (tertiary/aromatic N) is 2. The zero-order valence-corrected chi connectivity index (χ0v) is 42.8. The van der Waals surface area contributed by atoms with Crippen LogP contribution < -0.4 is 9.80 Å². The van der Waals surface area contributed by atoms with Gasteiger partial charge in [-0.05, 0) is 234 Å². The minimum Gasteiger partial charge on any atom is -0.358 e. The first kappa shape index (κ1) is 45.8. The molecule has 0 aliphatic rings. The first-order valence-corrected chi connectivity index (χ1v) is 24.5. The summed E-state index contributed by atoms with van der Waals surface area (Å²) in [4.78, 5) is 19.2. The Balaban J connectivity index is 0.979. The summed E-state index contributed by atoms with van der Waals surface area (Å²) >= 11 is 0. The van der Waals surface area contributed by atoms with Crippen LogP contribution in [0, 0.1) is 83.1 Å². The van der Waals surface area contributed by atoms with Crippen LogP contribution in [-0.2, 0) is 0 Å². The summed E-state index contributed by atoms with van der Waals surface area (Å²) in [5.74, 6) is 0. The highest BCUT2D eigenvalue weighted by molar-refractivity contribution is 5.84. The van der Waals surface area contributed by atoms with Crippen LogP contribution in [-0.4, -0.2) is 19.9 Å². The van der Waals surface area contributed by atoms with Crippen molar-refractivity contribution >= 4 is 34.1 Å². The van der Waals surface area contributed by atoms with Crippen molar-refractivity contribution in [1.82, 2.24) is 19.9 Å². The van der Waals surface area contributed by atoms with Gasteiger partial charge < -0.3 is 29.7 Å². The summed E-state index contributed by atoms with van der Waals surface area (Å²) in [6.45, 7) is 26.2. The first-order chi connectivity index (χ1) is 33.7. The Labute approximate surface area is 414 Å². The zero-order valence-electron chi connectivity index (χ0n) is 42.8. The summed E-state index contributed by atoms with van der Waals surface area (Å²) < 4.78 is 0. The van der Waals surface area contributed by atoms with Gasteiger partial charge >= 0.3 is 0 Å². The van der Waals surface area contributed by atoms with E-state index < -0.39 is 0 Å². The molecule has 4 aromatic heterocycles. The summed E-state index contributed by atoms with van der Waals surface area (Å²) in [5, 5.41) is 0. The Morgan fingerprint density at radius 3 is 0.500 bits per heavy atom. The van der Waals surface area contributed by atoms with Gasteiger partial charge in [-0.2, -0.15) is 0 Å². The molecule has 6 heteroatoms. The van der Waals surface area contributed by atoms with Gasteiger partial charge in [-0.25, -0.2) is 0 Å². The lowest BCUT2D eigenvalue weighted by atomic mass is 10.0. The van der Waals surface area contributed by atoms with Gasteiger partial charge in [0.05, 0.1) is 0 Å². The maximum Gasteiger partial charge on any atom is 0.0488 e. The Kier molecular flexibility index (Phi) is 11.9. The third-order valence-electron chi connectivity index (χ3n) is 15.5. The number of aryl methyl sites for hydroxylation is 4. The highest BCUT2D eigenvalue weighted by Gasteiger charge is 2.19. The maximum atomic E-state index is 3.62. The van der Waals surface area contributed by atoms with Crippen molar-refractivity contribution in [3.05, 3.63) is 213 Å². The molecule has 350 valence electrons. The number of benzene rings is 6. The number of hydrogen-bond acceptors (Lipinski definition) is 2. The number of anilines is 6. The summed E-state index contributed by atoms with van der Waals surface area (Å²) in [5.41, 5.74) is 33.6. The molecule has 10 aromatic rings.